The number of aliphatic carboxylic acids is 1. The third kappa shape index (κ3) is 7.10. The third-order valence-corrected chi connectivity index (χ3v) is 5.25. The van der Waals surface area contributed by atoms with E-state index in [1.165, 1.54) is 6.92 Å². The zero-order valence-corrected chi connectivity index (χ0v) is 19.9. The number of phenolic OH excluding ortho intramolecular Hbond substituents is 1. The van der Waals surface area contributed by atoms with Crippen LogP contribution in [0.4, 0.5) is 0 Å². The highest BCUT2D eigenvalue weighted by Crippen LogP contribution is 2.33. The number of fused-ring (bicyclic) bond motifs is 1. The van der Waals surface area contributed by atoms with Crippen LogP contribution in [0.1, 0.15) is 36.2 Å². The Kier molecular flexibility index (Phi) is 9.31. The molecule has 0 radical (unpaired) electrons. The summed E-state index contributed by atoms with van der Waals surface area (Å²) < 4.78 is 22.6. The van der Waals surface area contributed by atoms with Crippen LogP contribution in [0.3, 0.4) is 0 Å². The molecular weight excluding hydrogens is 452 g/mol. The molecule has 2 N–H and O–H groups in total. The zero-order chi connectivity index (χ0) is 25.2. The van der Waals surface area contributed by atoms with E-state index >= 15 is 0 Å². The maximum absolute atomic E-state index is 11.7. The van der Waals surface area contributed by atoms with Crippen LogP contribution in [0.25, 0.3) is 10.8 Å². The van der Waals surface area contributed by atoms with Crippen LogP contribution in [-0.2, 0) is 16.0 Å². The lowest BCUT2D eigenvalue weighted by Crippen LogP contribution is -2.13. The largest absolute Gasteiger partial charge is 0.507 e. The fourth-order valence-corrected chi connectivity index (χ4v) is 3.65. The molecule has 0 aliphatic carbocycles. The Bertz CT molecular complexity index is 1170. The molecule has 0 unspecified atom stereocenters. The number of carbonyl (C=O) groups is 2. The van der Waals surface area contributed by atoms with Crippen LogP contribution in [-0.4, -0.2) is 55.0 Å². The number of hydrogen-bond acceptors (Lipinski definition) is 7. The van der Waals surface area contributed by atoms with Gasteiger partial charge in [-0.2, -0.15) is 0 Å². The minimum atomic E-state index is -1.05. The molecule has 8 nitrogen and oxygen atoms in total. The summed E-state index contributed by atoms with van der Waals surface area (Å²) in [5, 5.41) is 21.0. The van der Waals surface area contributed by atoms with Crippen LogP contribution in [0.15, 0.2) is 48.5 Å². The molecule has 0 amide bonds. The van der Waals surface area contributed by atoms with Crippen molar-refractivity contribution in [3.8, 4) is 23.0 Å². The molecule has 0 spiro atoms. The Morgan fingerprint density at radius 1 is 0.886 bits per heavy atom. The van der Waals surface area contributed by atoms with Crippen LogP contribution in [0.5, 0.6) is 23.0 Å². The average Bonchev–Trinajstić information content (AvgIpc) is 2.83. The van der Waals surface area contributed by atoms with Crippen molar-refractivity contribution in [3.63, 3.8) is 0 Å². The van der Waals surface area contributed by atoms with Gasteiger partial charge in [0, 0.05) is 17.0 Å². The Balaban J connectivity index is 1.51. The maximum Gasteiger partial charge on any atom is 0.341 e. The molecule has 3 aromatic rings. The average molecular weight is 483 g/mol. The minimum absolute atomic E-state index is 0.0204. The summed E-state index contributed by atoms with van der Waals surface area (Å²) in [6, 6.07) is 14.3. The smallest absolute Gasteiger partial charge is 0.341 e. The van der Waals surface area contributed by atoms with Gasteiger partial charge >= 0.3 is 5.97 Å². The number of benzene rings is 3. The molecular formula is C27H30O8. The molecule has 186 valence electrons. The minimum Gasteiger partial charge on any atom is -0.507 e. The number of phenols is 1. The van der Waals surface area contributed by atoms with Gasteiger partial charge in [0.1, 0.15) is 36.2 Å². The second kappa shape index (κ2) is 12.6. The SMILES string of the molecule is CCCc1c(OCCOCCOc2cc(OCC(=O)O)cc3ccccc23)ccc(C(C)=O)c1O. The first-order chi connectivity index (χ1) is 16.9. The van der Waals surface area contributed by atoms with E-state index in [0.717, 1.165) is 17.2 Å². The Morgan fingerprint density at radius 2 is 1.60 bits per heavy atom. The van der Waals surface area contributed by atoms with Gasteiger partial charge in [-0.3, -0.25) is 4.79 Å². The summed E-state index contributed by atoms with van der Waals surface area (Å²) in [6.07, 6.45) is 1.40. The molecule has 0 saturated heterocycles. The first-order valence-electron chi connectivity index (χ1n) is 11.5. The summed E-state index contributed by atoms with van der Waals surface area (Å²) in [4.78, 5) is 22.5. The number of carboxylic acid groups (broad SMARTS) is 1. The second-order valence-electron chi connectivity index (χ2n) is 7.88. The van der Waals surface area contributed by atoms with Gasteiger partial charge in [-0.05, 0) is 36.9 Å². The first kappa shape index (κ1) is 25.8. The van der Waals surface area contributed by atoms with E-state index in [-0.39, 0.29) is 24.7 Å². The van der Waals surface area contributed by atoms with Gasteiger partial charge in [-0.25, -0.2) is 4.79 Å². The fourth-order valence-electron chi connectivity index (χ4n) is 3.65. The van der Waals surface area contributed by atoms with Gasteiger partial charge in [0.25, 0.3) is 0 Å². The second-order valence-corrected chi connectivity index (χ2v) is 7.88. The van der Waals surface area contributed by atoms with Crippen LogP contribution in [0.2, 0.25) is 0 Å². The lowest BCUT2D eigenvalue weighted by Gasteiger charge is -2.15. The van der Waals surface area contributed by atoms with Crippen molar-refractivity contribution in [2.24, 2.45) is 0 Å². The molecule has 8 heteroatoms. The predicted molar refractivity (Wildman–Crippen MR) is 131 cm³/mol. The van der Waals surface area contributed by atoms with E-state index in [1.54, 1.807) is 24.3 Å². The van der Waals surface area contributed by atoms with Gasteiger partial charge in [-0.15, -0.1) is 0 Å². The molecule has 0 aromatic heterocycles. The fraction of sp³-hybridized carbons (Fsp3) is 0.333. The van der Waals surface area contributed by atoms with Crippen molar-refractivity contribution in [3.05, 3.63) is 59.7 Å². The maximum atomic E-state index is 11.7. The highest BCUT2D eigenvalue weighted by Gasteiger charge is 2.16. The Morgan fingerprint density at radius 3 is 2.29 bits per heavy atom. The molecule has 0 bridgehead atoms. The van der Waals surface area contributed by atoms with Crippen molar-refractivity contribution in [1.29, 1.82) is 0 Å². The van der Waals surface area contributed by atoms with Crippen LogP contribution in [0, 0.1) is 0 Å². The first-order valence-corrected chi connectivity index (χ1v) is 11.5. The van der Waals surface area contributed by atoms with E-state index in [4.69, 9.17) is 24.1 Å². The quantitative estimate of drug-likeness (QED) is 0.253. The molecule has 0 aliphatic heterocycles. The molecule has 0 saturated carbocycles. The summed E-state index contributed by atoms with van der Waals surface area (Å²) >= 11 is 0. The zero-order valence-electron chi connectivity index (χ0n) is 19.9. The topological polar surface area (TPSA) is 112 Å². The van der Waals surface area contributed by atoms with Crippen molar-refractivity contribution in [2.75, 3.05) is 33.0 Å². The number of ether oxygens (including phenoxy) is 4. The summed E-state index contributed by atoms with van der Waals surface area (Å²) in [5.74, 6) is 0.266. The highest BCUT2D eigenvalue weighted by atomic mass is 16.5. The molecule has 0 aliphatic rings. The monoisotopic (exact) mass is 482 g/mol. The van der Waals surface area contributed by atoms with E-state index in [9.17, 15) is 14.7 Å². The van der Waals surface area contributed by atoms with E-state index < -0.39 is 12.6 Å². The van der Waals surface area contributed by atoms with E-state index in [0.29, 0.717) is 48.0 Å². The van der Waals surface area contributed by atoms with Gasteiger partial charge in [0.15, 0.2) is 12.4 Å². The van der Waals surface area contributed by atoms with Crippen LogP contribution < -0.4 is 14.2 Å². The van der Waals surface area contributed by atoms with Crippen molar-refractivity contribution < 1.29 is 38.7 Å². The molecule has 3 aromatic carbocycles. The van der Waals surface area contributed by atoms with E-state index in [1.807, 2.05) is 31.2 Å². The predicted octanol–water partition coefficient (Wildman–Crippen LogP) is 4.64. The Hall–Kier alpha value is -3.78. The molecule has 0 atom stereocenters. The van der Waals surface area contributed by atoms with Gasteiger partial charge in [-0.1, -0.05) is 37.6 Å². The van der Waals surface area contributed by atoms with Crippen molar-refractivity contribution in [2.45, 2.75) is 26.7 Å². The summed E-state index contributed by atoms with van der Waals surface area (Å²) in [7, 11) is 0. The Labute approximate surface area is 204 Å². The third-order valence-electron chi connectivity index (χ3n) is 5.25. The van der Waals surface area contributed by atoms with Crippen molar-refractivity contribution in [1.82, 2.24) is 0 Å². The van der Waals surface area contributed by atoms with Crippen molar-refractivity contribution >= 4 is 22.5 Å². The van der Waals surface area contributed by atoms with Gasteiger partial charge in [0.05, 0.1) is 18.8 Å². The molecule has 0 fully saturated rings. The molecule has 3 rings (SSSR count). The van der Waals surface area contributed by atoms with Gasteiger partial charge < -0.3 is 29.2 Å². The lowest BCUT2D eigenvalue weighted by atomic mass is 10.0. The number of carbonyl (C=O) groups excluding carboxylic acids is 1. The number of carboxylic acids is 1. The number of rotatable bonds is 14. The number of hydrogen-bond donors (Lipinski definition) is 2. The standard InChI is InChI=1S/C27H30O8/c1-3-6-23-24(10-9-21(18(2)28)27(23)31)33-13-11-32-12-14-34-25-16-20(35-17-26(29)30)15-19-7-4-5-8-22(19)25/h4-5,7-10,15-16,31H,3,6,11-14,17H2,1-2H3,(H,29,30). The normalized spacial score (nSPS) is 10.8. The van der Waals surface area contributed by atoms with E-state index in [2.05, 4.69) is 0 Å². The highest BCUT2D eigenvalue weighted by molar-refractivity contribution is 5.97. The van der Waals surface area contributed by atoms with Gasteiger partial charge in [0.2, 0.25) is 0 Å². The number of aromatic hydroxyl groups is 1. The van der Waals surface area contributed by atoms with Crippen LogP contribution >= 0.6 is 0 Å². The molecule has 35 heavy (non-hydrogen) atoms. The summed E-state index contributed by atoms with van der Waals surface area (Å²) in [5.41, 5.74) is 0.916. The lowest BCUT2D eigenvalue weighted by molar-refractivity contribution is -0.139. The molecule has 0 heterocycles. The number of Topliss-reactive ketones (excluding diaryl/α,β-unsaturated/α-hetero) is 1. The summed E-state index contributed by atoms with van der Waals surface area (Å²) in [6.45, 7) is 4.16. The number of ketones is 1.